The van der Waals surface area contributed by atoms with Gasteiger partial charge in [-0.25, -0.2) is 0 Å². The zero-order chi connectivity index (χ0) is 16.3. The summed E-state index contributed by atoms with van der Waals surface area (Å²) < 4.78 is 45.9. The number of aryl methyl sites for hydroxylation is 1. The number of benzene rings is 1. The fourth-order valence-electron chi connectivity index (χ4n) is 2.31. The summed E-state index contributed by atoms with van der Waals surface area (Å²) in [6, 6.07) is 2.66. The van der Waals surface area contributed by atoms with Crippen LogP contribution < -0.4 is 4.74 Å². The number of hydrogen-bond acceptors (Lipinski definition) is 4. The first-order valence-corrected chi connectivity index (χ1v) is 6.92. The van der Waals surface area contributed by atoms with Crippen LogP contribution in [0.15, 0.2) is 12.1 Å². The monoisotopic (exact) mass is 318 g/mol. The van der Waals surface area contributed by atoms with Crippen molar-refractivity contribution in [3.05, 3.63) is 23.3 Å². The van der Waals surface area contributed by atoms with Crippen LogP contribution >= 0.6 is 0 Å². The number of halogens is 3. The second kappa shape index (κ2) is 6.46. The van der Waals surface area contributed by atoms with Crippen molar-refractivity contribution in [2.24, 2.45) is 0 Å². The maximum Gasteiger partial charge on any atom is 0.422 e. The van der Waals surface area contributed by atoms with Gasteiger partial charge in [0.25, 0.3) is 0 Å². The maximum absolute atomic E-state index is 12.2. The molecule has 7 heteroatoms. The number of alkyl halides is 3. The maximum atomic E-state index is 12.2. The molecule has 1 fully saturated rings. The van der Waals surface area contributed by atoms with Crippen molar-refractivity contribution >= 4 is 5.97 Å². The van der Waals surface area contributed by atoms with Gasteiger partial charge in [-0.1, -0.05) is 0 Å². The molecule has 0 aromatic heterocycles. The van der Waals surface area contributed by atoms with Crippen molar-refractivity contribution in [3.63, 3.8) is 0 Å². The van der Waals surface area contributed by atoms with Gasteiger partial charge in [-0.15, -0.1) is 0 Å². The lowest BCUT2D eigenvalue weighted by Crippen LogP contribution is -2.19. The van der Waals surface area contributed by atoms with Crippen LogP contribution in [-0.4, -0.2) is 31.0 Å². The Balaban J connectivity index is 2.19. The van der Waals surface area contributed by atoms with E-state index >= 15 is 0 Å². The molecule has 0 radical (unpaired) electrons. The summed E-state index contributed by atoms with van der Waals surface area (Å²) in [7, 11) is 1.27. The second-order valence-corrected chi connectivity index (χ2v) is 5.27. The summed E-state index contributed by atoms with van der Waals surface area (Å²) in [6.45, 7) is -1.42. The Morgan fingerprint density at radius 3 is 2.59 bits per heavy atom. The molecule has 1 aliphatic rings. The first-order chi connectivity index (χ1) is 10.3. The van der Waals surface area contributed by atoms with Crippen LogP contribution in [0.3, 0.4) is 0 Å². The van der Waals surface area contributed by atoms with Gasteiger partial charge < -0.3 is 14.6 Å². The van der Waals surface area contributed by atoms with Gasteiger partial charge in [-0.2, -0.15) is 13.2 Å². The molecule has 122 valence electrons. The van der Waals surface area contributed by atoms with Crippen LogP contribution in [0.2, 0.25) is 0 Å². The molecule has 0 heterocycles. The molecule has 0 unspecified atom stereocenters. The van der Waals surface area contributed by atoms with Crippen LogP contribution in [0.4, 0.5) is 13.2 Å². The van der Waals surface area contributed by atoms with Crippen molar-refractivity contribution in [2.75, 3.05) is 13.7 Å². The van der Waals surface area contributed by atoms with E-state index < -0.39 is 18.8 Å². The van der Waals surface area contributed by atoms with Crippen LogP contribution in [0.5, 0.6) is 11.5 Å². The van der Waals surface area contributed by atoms with Crippen molar-refractivity contribution in [1.82, 2.24) is 0 Å². The average Bonchev–Trinajstić information content (AvgIpc) is 3.25. The number of hydrogen-bond donors (Lipinski definition) is 1. The molecular formula is C15H17F3O4. The zero-order valence-electron chi connectivity index (χ0n) is 12.1. The normalized spacial score (nSPS) is 14.7. The highest BCUT2D eigenvalue weighted by molar-refractivity contribution is 5.69. The molecule has 1 N–H and O–H groups in total. The van der Waals surface area contributed by atoms with Gasteiger partial charge in [0.1, 0.15) is 11.5 Å². The second-order valence-electron chi connectivity index (χ2n) is 5.27. The Kier molecular flexibility index (Phi) is 4.83. The van der Waals surface area contributed by atoms with Crippen LogP contribution in [0.25, 0.3) is 0 Å². The molecule has 0 aliphatic heterocycles. The highest BCUT2D eigenvalue weighted by atomic mass is 19.4. The molecule has 0 spiro atoms. The fraction of sp³-hybridized carbons (Fsp3) is 0.533. The summed E-state index contributed by atoms with van der Waals surface area (Å²) in [4.78, 5) is 11.2. The van der Waals surface area contributed by atoms with Gasteiger partial charge in [0.15, 0.2) is 6.61 Å². The number of carbonyl (C=O) groups is 1. The minimum absolute atomic E-state index is 0.0564. The van der Waals surface area contributed by atoms with Gasteiger partial charge in [-0.05, 0) is 36.8 Å². The first kappa shape index (κ1) is 16.5. The molecule has 4 nitrogen and oxygen atoms in total. The predicted molar refractivity (Wildman–Crippen MR) is 72.0 cm³/mol. The lowest BCUT2D eigenvalue weighted by atomic mass is 9.97. The molecule has 0 saturated heterocycles. The summed E-state index contributed by atoms with van der Waals surface area (Å²) in [5.41, 5.74) is 1.33. The van der Waals surface area contributed by atoms with E-state index in [1.807, 2.05) is 0 Å². The quantitative estimate of drug-likeness (QED) is 0.818. The Labute approximate surface area is 125 Å². The number of carbonyl (C=O) groups excluding carboxylic acids is 1. The molecule has 22 heavy (non-hydrogen) atoms. The van der Waals surface area contributed by atoms with Crippen molar-refractivity contribution in [3.8, 4) is 11.5 Å². The van der Waals surface area contributed by atoms with E-state index in [2.05, 4.69) is 9.47 Å². The molecule has 1 saturated carbocycles. The third kappa shape index (κ3) is 4.54. The molecular weight excluding hydrogens is 301 g/mol. The molecule has 2 rings (SSSR count). The lowest BCUT2D eigenvalue weighted by Gasteiger charge is -2.15. The number of ether oxygens (including phenoxy) is 2. The lowest BCUT2D eigenvalue weighted by molar-refractivity contribution is -0.153. The van der Waals surface area contributed by atoms with Crippen LogP contribution in [0, 0.1) is 0 Å². The van der Waals surface area contributed by atoms with E-state index in [4.69, 9.17) is 0 Å². The van der Waals surface area contributed by atoms with E-state index in [9.17, 15) is 23.1 Å². The number of rotatable bonds is 6. The van der Waals surface area contributed by atoms with Gasteiger partial charge in [0.2, 0.25) is 0 Å². The molecule has 0 amide bonds. The summed E-state index contributed by atoms with van der Waals surface area (Å²) in [5, 5.41) is 10.1. The van der Waals surface area contributed by atoms with E-state index in [0.717, 1.165) is 12.8 Å². The molecule has 1 aromatic carbocycles. The first-order valence-electron chi connectivity index (χ1n) is 6.92. The molecule has 1 aliphatic carbocycles. The number of methoxy groups -OCH3 is 1. The predicted octanol–water partition coefficient (Wildman–Crippen LogP) is 3.32. The number of aromatic hydroxyl groups is 1. The van der Waals surface area contributed by atoms with Gasteiger partial charge in [0, 0.05) is 18.1 Å². The van der Waals surface area contributed by atoms with E-state index in [0.29, 0.717) is 11.1 Å². The fourth-order valence-corrected chi connectivity index (χ4v) is 2.31. The van der Waals surface area contributed by atoms with Gasteiger partial charge in [-0.3, -0.25) is 4.79 Å². The molecule has 0 atom stereocenters. The highest BCUT2D eigenvalue weighted by Gasteiger charge is 2.31. The Morgan fingerprint density at radius 1 is 1.36 bits per heavy atom. The smallest absolute Gasteiger partial charge is 0.422 e. The molecule has 1 aromatic rings. The van der Waals surface area contributed by atoms with Crippen molar-refractivity contribution < 1.29 is 32.5 Å². The third-order valence-electron chi connectivity index (χ3n) is 3.43. The minimum atomic E-state index is -4.45. The van der Waals surface area contributed by atoms with Gasteiger partial charge in [0.05, 0.1) is 7.11 Å². The van der Waals surface area contributed by atoms with Crippen molar-refractivity contribution in [2.45, 2.75) is 37.8 Å². The highest BCUT2D eigenvalue weighted by Crippen LogP contribution is 2.47. The average molecular weight is 318 g/mol. The largest absolute Gasteiger partial charge is 0.508 e. The zero-order valence-corrected chi connectivity index (χ0v) is 12.1. The number of phenols is 1. The summed E-state index contributed by atoms with van der Waals surface area (Å²) >= 11 is 0. The van der Waals surface area contributed by atoms with Crippen LogP contribution in [-0.2, 0) is 16.0 Å². The Bertz CT molecular complexity index is 550. The Hall–Kier alpha value is -1.92. The summed E-state index contributed by atoms with van der Waals surface area (Å²) in [6.07, 6.45) is -2.23. The molecule has 0 bridgehead atoms. The van der Waals surface area contributed by atoms with E-state index in [-0.39, 0.29) is 30.3 Å². The SMILES string of the molecule is COC(=O)CCc1cc(OCC(F)(F)F)cc(O)c1C1CC1. The van der Waals surface area contributed by atoms with Crippen LogP contribution in [0.1, 0.15) is 36.3 Å². The summed E-state index contributed by atoms with van der Waals surface area (Å²) in [5.74, 6) is -0.353. The topological polar surface area (TPSA) is 55.8 Å². The number of phenolic OH excluding ortho intramolecular Hbond substituents is 1. The number of esters is 1. The minimum Gasteiger partial charge on any atom is -0.508 e. The van der Waals surface area contributed by atoms with Crippen molar-refractivity contribution in [1.29, 1.82) is 0 Å². The Morgan fingerprint density at radius 2 is 2.05 bits per heavy atom. The van der Waals surface area contributed by atoms with E-state index in [1.165, 1.54) is 19.2 Å². The standard InChI is InChI=1S/C15H17F3O4/c1-21-13(20)5-4-10-6-11(22-8-15(16,17)18)7-12(19)14(10)9-2-3-9/h6-7,9,19H,2-5,8H2,1H3. The van der Waals surface area contributed by atoms with E-state index in [1.54, 1.807) is 0 Å². The third-order valence-corrected chi connectivity index (χ3v) is 3.43. The van der Waals surface area contributed by atoms with Gasteiger partial charge >= 0.3 is 12.1 Å².